The number of aromatic nitrogens is 2. The van der Waals surface area contributed by atoms with E-state index in [0.717, 1.165) is 12.1 Å². The van der Waals surface area contributed by atoms with Crippen LogP contribution >= 0.6 is 12.4 Å². The van der Waals surface area contributed by atoms with Gasteiger partial charge in [0, 0.05) is 44.2 Å². The molecule has 7 nitrogen and oxygen atoms in total. The zero-order chi connectivity index (χ0) is 17.0. The Labute approximate surface area is 148 Å². The van der Waals surface area contributed by atoms with Gasteiger partial charge in [-0.25, -0.2) is 0 Å². The van der Waals surface area contributed by atoms with Crippen LogP contribution in [0.1, 0.15) is 38.2 Å². The summed E-state index contributed by atoms with van der Waals surface area (Å²) in [5.41, 5.74) is 0.623. The molecule has 0 aromatic carbocycles. The van der Waals surface area contributed by atoms with Crippen LogP contribution in [0.15, 0.2) is 12.4 Å². The standard InChI is InChI=1S/C16H26N4O3.ClH/c1-16(2,6-5-14(21)23-4)19-15(22)13-9-17-8-12(13)11-7-18-20(3)10-11;/h7,10,12-13,17H,5-6,8-9H2,1-4H3,(H,19,22);1H/t12-,13+;/m1./s1. The van der Waals surface area contributed by atoms with Gasteiger partial charge in [0.25, 0.3) is 0 Å². The summed E-state index contributed by atoms with van der Waals surface area (Å²) in [6, 6.07) is 0. The number of nitrogens with one attached hydrogen (secondary N) is 2. The molecule has 24 heavy (non-hydrogen) atoms. The predicted molar refractivity (Wildman–Crippen MR) is 93.0 cm³/mol. The number of esters is 1. The lowest BCUT2D eigenvalue weighted by atomic mass is 9.88. The fourth-order valence-corrected chi connectivity index (χ4v) is 2.94. The van der Waals surface area contributed by atoms with Crippen LogP contribution in [-0.2, 0) is 21.4 Å². The van der Waals surface area contributed by atoms with Crippen molar-refractivity contribution in [2.24, 2.45) is 13.0 Å². The maximum Gasteiger partial charge on any atom is 0.305 e. The third-order valence-electron chi connectivity index (χ3n) is 4.35. The minimum atomic E-state index is -0.451. The highest BCUT2D eigenvalue weighted by Crippen LogP contribution is 2.28. The lowest BCUT2D eigenvalue weighted by Crippen LogP contribution is -2.47. The van der Waals surface area contributed by atoms with Crippen LogP contribution in [0.4, 0.5) is 0 Å². The van der Waals surface area contributed by atoms with Crippen molar-refractivity contribution in [3.63, 3.8) is 0 Å². The Morgan fingerprint density at radius 2 is 2.17 bits per heavy atom. The fourth-order valence-electron chi connectivity index (χ4n) is 2.94. The second-order valence-corrected chi connectivity index (χ2v) is 6.77. The number of halogens is 1. The van der Waals surface area contributed by atoms with Gasteiger partial charge in [0.1, 0.15) is 0 Å². The molecule has 1 fully saturated rings. The first-order valence-corrected chi connectivity index (χ1v) is 7.90. The molecule has 0 unspecified atom stereocenters. The van der Waals surface area contributed by atoms with Crippen LogP contribution in [0.2, 0.25) is 0 Å². The van der Waals surface area contributed by atoms with E-state index < -0.39 is 5.54 Å². The number of hydrogen-bond donors (Lipinski definition) is 2. The summed E-state index contributed by atoms with van der Waals surface area (Å²) >= 11 is 0. The molecule has 2 rings (SSSR count). The van der Waals surface area contributed by atoms with Crippen molar-refractivity contribution in [3.8, 4) is 0 Å². The topological polar surface area (TPSA) is 85.2 Å². The smallest absolute Gasteiger partial charge is 0.305 e. The Morgan fingerprint density at radius 1 is 1.46 bits per heavy atom. The lowest BCUT2D eigenvalue weighted by Gasteiger charge is -2.28. The second-order valence-electron chi connectivity index (χ2n) is 6.77. The number of amides is 1. The maximum atomic E-state index is 12.7. The van der Waals surface area contributed by atoms with E-state index in [2.05, 4.69) is 20.5 Å². The van der Waals surface area contributed by atoms with Gasteiger partial charge in [-0.1, -0.05) is 0 Å². The molecule has 1 aromatic heterocycles. The average molecular weight is 359 g/mol. The van der Waals surface area contributed by atoms with E-state index in [9.17, 15) is 9.59 Å². The molecule has 0 saturated carbocycles. The second kappa shape index (κ2) is 8.48. The van der Waals surface area contributed by atoms with Gasteiger partial charge in [0.15, 0.2) is 0 Å². The molecule has 0 aliphatic carbocycles. The number of carbonyl (C=O) groups excluding carboxylic acids is 2. The number of carbonyl (C=O) groups is 2. The van der Waals surface area contributed by atoms with Crippen LogP contribution in [0, 0.1) is 5.92 Å². The first kappa shape index (κ1) is 20.4. The van der Waals surface area contributed by atoms with Gasteiger partial charge in [0.2, 0.25) is 5.91 Å². The molecule has 1 aliphatic rings. The Morgan fingerprint density at radius 3 is 2.75 bits per heavy atom. The highest BCUT2D eigenvalue weighted by atomic mass is 35.5. The van der Waals surface area contributed by atoms with E-state index in [0.29, 0.717) is 19.4 Å². The summed E-state index contributed by atoms with van der Waals surface area (Å²) < 4.78 is 6.41. The predicted octanol–water partition coefficient (Wildman–Crippen LogP) is 0.993. The Kier molecular flexibility index (Phi) is 7.23. The highest BCUT2D eigenvalue weighted by Gasteiger charge is 2.36. The molecular formula is C16H27ClN4O3. The minimum absolute atomic E-state index is 0. The van der Waals surface area contributed by atoms with E-state index in [1.807, 2.05) is 33.3 Å². The lowest BCUT2D eigenvalue weighted by molar-refractivity contribution is -0.141. The SMILES string of the molecule is COC(=O)CCC(C)(C)NC(=O)[C@H]1CNC[C@@H]1c1cnn(C)c1.Cl. The van der Waals surface area contributed by atoms with Crippen molar-refractivity contribution in [2.45, 2.75) is 38.1 Å². The summed E-state index contributed by atoms with van der Waals surface area (Å²) in [4.78, 5) is 24.0. The van der Waals surface area contributed by atoms with Gasteiger partial charge in [-0.3, -0.25) is 14.3 Å². The molecule has 0 spiro atoms. The first-order valence-electron chi connectivity index (χ1n) is 7.90. The number of nitrogens with zero attached hydrogens (tertiary/aromatic N) is 2. The van der Waals surface area contributed by atoms with Gasteiger partial charge in [0.05, 0.1) is 19.2 Å². The summed E-state index contributed by atoms with van der Waals surface area (Å²) in [5, 5.41) is 10.5. The van der Waals surface area contributed by atoms with Crippen LogP contribution in [-0.4, -0.2) is 47.4 Å². The van der Waals surface area contributed by atoms with E-state index >= 15 is 0 Å². The first-order chi connectivity index (χ1) is 10.8. The number of aryl methyl sites for hydroxylation is 1. The molecule has 1 aromatic rings. The number of ether oxygens (including phenoxy) is 1. The molecule has 2 N–H and O–H groups in total. The molecule has 0 radical (unpaired) electrons. The molecule has 8 heteroatoms. The molecule has 1 amide bonds. The normalized spacial score (nSPS) is 20.3. The van der Waals surface area contributed by atoms with Crippen LogP contribution in [0.3, 0.4) is 0 Å². The Hall–Kier alpha value is -1.60. The van der Waals surface area contributed by atoms with Crippen LogP contribution in [0.25, 0.3) is 0 Å². The molecule has 2 heterocycles. The third kappa shape index (κ3) is 5.21. The van der Waals surface area contributed by atoms with Crippen molar-refractivity contribution < 1.29 is 14.3 Å². The zero-order valence-electron chi connectivity index (χ0n) is 14.7. The molecule has 0 bridgehead atoms. The van der Waals surface area contributed by atoms with Gasteiger partial charge in [-0.2, -0.15) is 5.10 Å². The number of methoxy groups -OCH3 is 1. The molecule has 1 saturated heterocycles. The quantitative estimate of drug-likeness (QED) is 0.741. The van der Waals surface area contributed by atoms with E-state index in [1.54, 1.807) is 4.68 Å². The van der Waals surface area contributed by atoms with Crippen molar-refractivity contribution >= 4 is 24.3 Å². The number of rotatable bonds is 6. The van der Waals surface area contributed by atoms with Crippen molar-refractivity contribution in [1.82, 2.24) is 20.4 Å². The van der Waals surface area contributed by atoms with E-state index in [-0.39, 0.29) is 36.1 Å². The minimum Gasteiger partial charge on any atom is -0.469 e. The molecule has 1 aliphatic heterocycles. The van der Waals surface area contributed by atoms with Gasteiger partial charge >= 0.3 is 5.97 Å². The van der Waals surface area contributed by atoms with E-state index in [4.69, 9.17) is 0 Å². The molecule has 2 atom stereocenters. The van der Waals surface area contributed by atoms with Crippen molar-refractivity contribution in [3.05, 3.63) is 18.0 Å². The van der Waals surface area contributed by atoms with Crippen molar-refractivity contribution in [2.75, 3.05) is 20.2 Å². The Balaban J connectivity index is 0.00000288. The van der Waals surface area contributed by atoms with Gasteiger partial charge in [-0.05, 0) is 25.8 Å². The summed E-state index contributed by atoms with van der Waals surface area (Å²) in [6.45, 7) is 5.27. The molecular weight excluding hydrogens is 332 g/mol. The average Bonchev–Trinajstić information content (AvgIpc) is 3.12. The third-order valence-corrected chi connectivity index (χ3v) is 4.35. The monoisotopic (exact) mass is 358 g/mol. The van der Waals surface area contributed by atoms with Gasteiger partial charge < -0.3 is 15.4 Å². The summed E-state index contributed by atoms with van der Waals surface area (Å²) in [6.07, 6.45) is 4.61. The summed E-state index contributed by atoms with van der Waals surface area (Å²) in [7, 11) is 3.24. The van der Waals surface area contributed by atoms with Gasteiger partial charge in [-0.15, -0.1) is 12.4 Å². The maximum absolute atomic E-state index is 12.7. The van der Waals surface area contributed by atoms with Crippen LogP contribution in [0.5, 0.6) is 0 Å². The highest BCUT2D eigenvalue weighted by molar-refractivity contribution is 5.85. The number of hydrogen-bond acceptors (Lipinski definition) is 5. The molecule has 136 valence electrons. The fraction of sp³-hybridized carbons (Fsp3) is 0.688. The zero-order valence-corrected chi connectivity index (χ0v) is 15.5. The largest absolute Gasteiger partial charge is 0.469 e. The van der Waals surface area contributed by atoms with Crippen LogP contribution < -0.4 is 10.6 Å². The van der Waals surface area contributed by atoms with E-state index in [1.165, 1.54) is 7.11 Å². The van der Waals surface area contributed by atoms with Crippen molar-refractivity contribution in [1.29, 1.82) is 0 Å². The Bertz CT molecular complexity index is 573. The summed E-state index contributed by atoms with van der Waals surface area (Å²) in [5.74, 6) is -0.251.